The van der Waals surface area contributed by atoms with Crippen LogP contribution in [-0.2, 0) is 5.41 Å². The van der Waals surface area contributed by atoms with Gasteiger partial charge in [-0.1, -0.05) is 129 Å². The topological polar surface area (TPSA) is 8.17 Å². The first-order valence-corrected chi connectivity index (χ1v) is 17.8. The summed E-state index contributed by atoms with van der Waals surface area (Å²) in [7, 11) is 0. The second kappa shape index (κ2) is 11.3. The highest BCUT2D eigenvalue weighted by Gasteiger charge is 2.35. The lowest BCUT2D eigenvalue weighted by molar-refractivity contribution is 0.660. The van der Waals surface area contributed by atoms with Crippen LogP contribution in [0, 0.1) is 0 Å². The maximum atomic E-state index is 2.40. The van der Waals surface area contributed by atoms with Crippen LogP contribution in [0.3, 0.4) is 0 Å². The normalized spacial score (nSPS) is 13.1. The van der Waals surface area contributed by atoms with Gasteiger partial charge in [0.05, 0.1) is 11.0 Å². The van der Waals surface area contributed by atoms with Crippen molar-refractivity contribution in [1.82, 2.24) is 4.57 Å². The van der Waals surface area contributed by atoms with E-state index in [1.807, 2.05) is 0 Å². The standard InChI is InChI=1S/C49H36N2/c1-49(2)45-16-8-5-13-41(45)44-32-40(29-30-46(44)49)50(37-23-21-34(22-24-37)36-20-19-33-11-3-4-12-35(33)31-36)38-25-27-39(28-26-38)51-47-17-9-6-14-42(47)43-15-7-10-18-48(43)51/h3-32H,1-2H3. The van der Waals surface area contributed by atoms with Gasteiger partial charge in [-0.05, 0) is 111 Å². The Morgan fingerprint density at radius 2 is 0.961 bits per heavy atom. The molecular formula is C49H36N2. The lowest BCUT2D eigenvalue weighted by atomic mass is 9.82. The largest absolute Gasteiger partial charge is 0.310 e. The molecule has 1 aromatic heterocycles. The van der Waals surface area contributed by atoms with Gasteiger partial charge in [0.2, 0.25) is 0 Å². The number of benzene rings is 8. The van der Waals surface area contributed by atoms with Crippen molar-refractivity contribution in [3.8, 4) is 27.9 Å². The lowest BCUT2D eigenvalue weighted by Gasteiger charge is -2.27. The Hall–Kier alpha value is -6.38. The summed E-state index contributed by atoms with van der Waals surface area (Å²) in [6.07, 6.45) is 0. The van der Waals surface area contributed by atoms with Crippen molar-refractivity contribution in [3.63, 3.8) is 0 Å². The van der Waals surface area contributed by atoms with Gasteiger partial charge in [0.15, 0.2) is 0 Å². The van der Waals surface area contributed by atoms with Crippen LogP contribution in [0.2, 0.25) is 0 Å². The Morgan fingerprint density at radius 1 is 0.412 bits per heavy atom. The van der Waals surface area contributed by atoms with Gasteiger partial charge >= 0.3 is 0 Å². The average Bonchev–Trinajstić information content (AvgIpc) is 3.64. The molecule has 8 aromatic carbocycles. The zero-order chi connectivity index (χ0) is 34.1. The fraction of sp³-hybridized carbons (Fsp3) is 0.0612. The zero-order valence-electron chi connectivity index (χ0n) is 28.7. The summed E-state index contributed by atoms with van der Waals surface area (Å²) in [5.74, 6) is 0. The highest BCUT2D eigenvalue weighted by atomic mass is 15.1. The minimum absolute atomic E-state index is 0.0409. The number of aromatic nitrogens is 1. The van der Waals surface area contributed by atoms with Crippen LogP contribution in [0.15, 0.2) is 182 Å². The van der Waals surface area contributed by atoms with Gasteiger partial charge in [0, 0.05) is 38.9 Å². The molecule has 0 N–H and O–H groups in total. The highest BCUT2D eigenvalue weighted by molar-refractivity contribution is 6.09. The van der Waals surface area contributed by atoms with Crippen LogP contribution < -0.4 is 4.90 Å². The fourth-order valence-corrected chi connectivity index (χ4v) is 8.42. The van der Waals surface area contributed by atoms with Crippen molar-refractivity contribution < 1.29 is 0 Å². The molecule has 1 aliphatic rings. The third-order valence-electron chi connectivity index (χ3n) is 11.0. The van der Waals surface area contributed by atoms with Gasteiger partial charge < -0.3 is 9.47 Å². The van der Waals surface area contributed by atoms with Crippen LogP contribution in [0.5, 0.6) is 0 Å². The Bertz CT molecular complexity index is 2710. The number of anilines is 3. The van der Waals surface area contributed by atoms with Crippen molar-refractivity contribution >= 4 is 49.6 Å². The number of rotatable bonds is 5. The molecule has 10 rings (SSSR count). The third-order valence-corrected chi connectivity index (χ3v) is 11.0. The van der Waals surface area contributed by atoms with Crippen molar-refractivity contribution in [3.05, 3.63) is 193 Å². The molecule has 0 aliphatic heterocycles. The lowest BCUT2D eigenvalue weighted by Crippen LogP contribution is -2.15. The predicted molar refractivity (Wildman–Crippen MR) is 216 cm³/mol. The minimum Gasteiger partial charge on any atom is -0.310 e. The first kappa shape index (κ1) is 29.5. The van der Waals surface area contributed by atoms with Gasteiger partial charge in [-0.15, -0.1) is 0 Å². The summed E-state index contributed by atoms with van der Waals surface area (Å²) in [6.45, 7) is 4.68. The van der Waals surface area contributed by atoms with E-state index < -0.39 is 0 Å². The molecule has 51 heavy (non-hydrogen) atoms. The molecule has 0 saturated heterocycles. The number of fused-ring (bicyclic) bond motifs is 7. The van der Waals surface area contributed by atoms with Gasteiger partial charge in [-0.25, -0.2) is 0 Å². The van der Waals surface area contributed by atoms with Gasteiger partial charge in [0.1, 0.15) is 0 Å². The summed E-state index contributed by atoms with van der Waals surface area (Å²) in [6, 6.07) is 66.7. The van der Waals surface area contributed by atoms with Gasteiger partial charge in [-0.2, -0.15) is 0 Å². The zero-order valence-corrected chi connectivity index (χ0v) is 28.7. The van der Waals surface area contributed by atoms with Gasteiger partial charge in [0.25, 0.3) is 0 Å². The molecule has 242 valence electrons. The molecule has 0 fully saturated rings. The van der Waals surface area contributed by atoms with Crippen LogP contribution in [-0.4, -0.2) is 4.57 Å². The Balaban J connectivity index is 1.11. The maximum absolute atomic E-state index is 2.40. The van der Waals surface area contributed by atoms with Crippen molar-refractivity contribution in [2.24, 2.45) is 0 Å². The summed E-state index contributed by atoms with van der Waals surface area (Å²) >= 11 is 0. The first-order chi connectivity index (χ1) is 25.0. The quantitative estimate of drug-likeness (QED) is 0.180. The summed E-state index contributed by atoms with van der Waals surface area (Å²) in [5.41, 5.74) is 14.7. The van der Waals surface area contributed by atoms with E-state index >= 15 is 0 Å². The number of hydrogen-bond acceptors (Lipinski definition) is 1. The molecule has 0 unspecified atom stereocenters. The second-order valence-corrected chi connectivity index (χ2v) is 14.2. The van der Waals surface area contributed by atoms with E-state index in [0.717, 1.165) is 22.7 Å². The smallest absolute Gasteiger partial charge is 0.0541 e. The molecular weight excluding hydrogens is 617 g/mol. The van der Waals surface area contributed by atoms with Crippen molar-refractivity contribution in [1.29, 1.82) is 0 Å². The Kier molecular flexibility index (Phi) is 6.56. The van der Waals surface area contributed by atoms with Crippen molar-refractivity contribution in [2.75, 3.05) is 4.90 Å². The van der Waals surface area contributed by atoms with Crippen LogP contribution >= 0.6 is 0 Å². The Labute approximate surface area is 298 Å². The van der Waals surface area contributed by atoms with Gasteiger partial charge in [-0.3, -0.25) is 0 Å². The molecule has 0 atom stereocenters. The molecule has 1 aliphatic carbocycles. The Morgan fingerprint density at radius 3 is 1.69 bits per heavy atom. The first-order valence-electron chi connectivity index (χ1n) is 17.8. The molecule has 0 saturated carbocycles. The molecule has 0 amide bonds. The number of para-hydroxylation sites is 2. The van der Waals surface area contributed by atoms with Crippen LogP contribution in [0.25, 0.3) is 60.5 Å². The van der Waals surface area contributed by atoms with E-state index in [0.29, 0.717) is 0 Å². The highest BCUT2D eigenvalue weighted by Crippen LogP contribution is 2.50. The van der Waals surface area contributed by atoms with Crippen LogP contribution in [0.4, 0.5) is 17.1 Å². The maximum Gasteiger partial charge on any atom is 0.0541 e. The number of hydrogen-bond donors (Lipinski definition) is 0. The summed E-state index contributed by atoms with van der Waals surface area (Å²) in [5, 5.41) is 5.05. The molecule has 0 bridgehead atoms. The summed E-state index contributed by atoms with van der Waals surface area (Å²) in [4.78, 5) is 2.40. The van der Waals surface area contributed by atoms with E-state index in [-0.39, 0.29) is 5.41 Å². The van der Waals surface area contributed by atoms with E-state index in [1.54, 1.807) is 0 Å². The SMILES string of the molecule is CC1(C)c2ccccc2-c2cc(N(c3ccc(-c4ccc5ccccc5c4)cc3)c3ccc(-n4c5ccccc5c5ccccc54)cc3)ccc21. The van der Waals surface area contributed by atoms with E-state index in [1.165, 1.54) is 66.0 Å². The summed E-state index contributed by atoms with van der Waals surface area (Å²) < 4.78 is 2.38. The predicted octanol–water partition coefficient (Wildman–Crippen LogP) is 13.4. The number of nitrogens with zero attached hydrogens (tertiary/aromatic N) is 2. The molecule has 2 nitrogen and oxygen atoms in total. The van der Waals surface area contributed by atoms with Crippen LogP contribution in [0.1, 0.15) is 25.0 Å². The molecule has 9 aromatic rings. The molecule has 2 heteroatoms. The fourth-order valence-electron chi connectivity index (χ4n) is 8.42. The van der Waals surface area contributed by atoms with E-state index in [2.05, 4.69) is 205 Å². The molecule has 0 radical (unpaired) electrons. The van der Waals surface area contributed by atoms with Crippen molar-refractivity contribution in [2.45, 2.75) is 19.3 Å². The molecule has 0 spiro atoms. The monoisotopic (exact) mass is 652 g/mol. The van der Waals surface area contributed by atoms with E-state index in [4.69, 9.17) is 0 Å². The third kappa shape index (κ3) is 4.64. The minimum atomic E-state index is -0.0409. The second-order valence-electron chi connectivity index (χ2n) is 14.2. The van der Waals surface area contributed by atoms with E-state index in [9.17, 15) is 0 Å². The average molecular weight is 653 g/mol. The molecule has 1 heterocycles.